The Morgan fingerprint density at radius 3 is 2.39 bits per heavy atom. The monoisotopic (exact) mass is 660 g/mol. The molecule has 13 heteroatoms. The maximum absolute atomic E-state index is 14.1. The van der Waals surface area contributed by atoms with Crippen molar-refractivity contribution < 1.29 is 14.3 Å². The van der Waals surface area contributed by atoms with Gasteiger partial charge < -0.3 is 9.64 Å². The van der Waals surface area contributed by atoms with Crippen molar-refractivity contribution in [1.29, 1.82) is 5.26 Å². The zero-order chi connectivity index (χ0) is 33.3. The summed E-state index contributed by atoms with van der Waals surface area (Å²) in [6, 6.07) is 11.2. The van der Waals surface area contributed by atoms with Gasteiger partial charge >= 0.3 is 5.97 Å². The zero-order valence-corrected chi connectivity index (χ0v) is 28.2. The fraction of sp³-hybridized carbons (Fsp3) is 0.394. The molecule has 4 heterocycles. The minimum absolute atomic E-state index is 0.00462. The predicted molar refractivity (Wildman–Crippen MR) is 183 cm³/mol. The number of rotatable bonds is 8. The molecule has 1 aromatic carbocycles. The van der Waals surface area contributed by atoms with E-state index in [0.717, 1.165) is 11.8 Å². The fourth-order valence-electron chi connectivity index (χ4n) is 6.11. The number of carbonyl (C=O) groups is 2. The molecule has 0 atom stereocenters. The van der Waals surface area contributed by atoms with E-state index < -0.39 is 11.5 Å². The normalized spacial score (nSPS) is 16.4. The van der Waals surface area contributed by atoms with Crippen molar-refractivity contribution in [2.24, 2.45) is 13.0 Å². The van der Waals surface area contributed by atoms with Crippen LogP contribution in [0.4, 0.5) is 11.5 Å². The molecule has 2 aliphatic heterocycles. The molecule has 0 N–H and O–H groups in total. The quantitative estimate of drug-likeness (QED) is 0.196. The summed E-state index contributed by atoms with van der Waals surface area (Å²) in [6.45, 7) is 8.86. The summed E-state index contributed by atoms with van der Waals surface area (Å²) < 4.78 is 10.2. The Balaban J connectivity index is 1.61. The topological polar surface area (TPSA) is 123 Å². The minimum Gasteiger partial charge on any atom is -0.466 e. The molecule has 2 fully saturated rings. The van der Waals surface area contributed by atoms with Crippen LogP contribution in [0.15, 0.2) is 44.8 Å². The number of pyridine rings is 1. The van der Waals surface area contributed by atoms with Crippen molar-refractivity contribution in [2.75, 3.05) is 29.5 Å². The molecule has 2 aromatic heterocycles. The van der Waals surface area contributed by atoms with Crippen LogP contribution in [0.25, 0.3) is 11.8 Å². The Labute approximate surface area is 276 Å². The molecule has 3 aromatic rings. The molecule has 11 nitrogen and oxygen atoms in total. The highest BCUT2D eigenvalue weighted by Gasteiger charge is 2.39. The lowest BCUT2D eigenvalue weighted by Gasteiger charge is -2.35. The van der Waals surface area contributed by atoms with E-state index in [9.17, 15) is 24.4 Å². The second-order valence-corrected chi connectivity index (χ2v) is 12.9. The number of ether oxygens (including phenoxy) is 1. The van der Waals surface area contributed by atoms with Crippen LogP contribution in [-0.4, -0.2) is 49.8 Å². The van der Waals surface area contributed by atoms with E-state index in [4.69, 9.17) is 17.0 Å². The molecular weight excluding hydrogens is 625 g/mol. The molecule has 2 saturated heterocycles. The van der Waals surface area contributed by atoms with Gasteiger partial charge in [-0.3, -0.25) is 33.3 Å². The number of aromatic nitrogens is 3. The highest BCUT2D eigenvalue weighted by Crippen LogP contribution is 2.39. The number of thioether (sulfide) groups is 1. The van der Waals surface area contributed by atoms with Crippen LogP contribution in [0.5, 0.6) is 0 Å². The van der Waals surface area contributed by atoms with Gasteiger partial charge in [0.1, 0.15) is 23.1 Å². The van der Waals surface area contributed by atoms with Crippen molar-refractivity contribution >= 4 is 57.8 Å². The van der Waals surface area contributed by atoms with Crippen LogP contribution < -0.4 is 20.9 Å². The SMILES string of the molecule is CCCn1c(N2CCC(C(=O)OCC)CC2)c(C=C2SC(=S)N(c3c(C)n(C)n(-c4ccccc4)c3=O)C2=O)c(C)c(C#N)c1=O. The summed E-state index contributed by atoms with van der Waals surface area (Å²) in [7, 11) is 1.75. The molecule has 0 bridgehead atoms. The molecule has 0 spiro atoms. The summed E-state index contributed by atoms with van der Waals surface area (Å²) in [5.41, 5.74) is 1.63. The van der Waals surface area contributed by atoms with Gasteiger partial charge in [0.25, 0.3) is 17.0 Å². The molecule has 0 radical (unpaired) electrons. The second kappa shape index (κ2) is 13.5. The number of carbonyl (C=O) groups excluding carboxylic acids is 2. The van der Waals surface area contributed by atoms with E-state index in [1.807, 2.05) is 42.2 Å². The van der Waals surface area contributed by atoms with Crippen molar-refractivity contribution in [3.63, 3.8) is 0 Å². The number of benzene rings is 1. The van der Waals surface area contributed by atoms with E-state index in [2.05, 4.69) is 6.07 Å². The summed E-state index contributed by atoms with van der Waals surface area (Å²) in [6.07, 6.45) is 3.41. The van der Waals surface area contributed by atoms with Crippen molar-refractivity contribution in [2.45, 2.75) is 53.5 Å². The minimum atomic E-state index is -0.459. The molecule has 46 heavy (non-hydrogen) atoms. The molecule has 0 unspecified atom stereocenters. The van der Waals surface area contributed by atoms with Gasteiger partial charge in [-0.05, 0) is 63.8 Å². The van der Waals surface area contributed by atoms with Gasteiger partial charge in [0.05, 0.1) is 28.8 Å². The number of piperidine rings is 1. The molecule has 0 aliphatic carbocycles. The van der Waals surface area contributed by atoms with E-state index in [1.165, 1.54) is 9.58 Å². The Hall–Kier alpha value is -4.41. The first-order valence-corrected chi connectivity index (χ1v) is 16.5. The number of esters is 1. The zero-order valence-electron chi connectivity index (χ0n) is 26.5. The van der Waals surface area contributed by atoms with Gasteiger partial charge in [0, 0.05) is 32.2 Å². The number of nitriles is 1. The molecule has 240 valence electrons. The van der Waals surface area contributed by atoms with Crippen LogP contribution in [-0.2, 0) is 27.9 Å². The van der Waals surface area contributed by atoms with Gasteiger partial charge in [0.2, 0.25) is 0 Å². The highest BCUT2D eigenvalue weighted by molar-refractivity contribution is 8.27. The number of anilines is 2. The van der Waals surface area contributed by atoms with Gasteiger partial charge in [-0.2, -0.15) is 5.26 Å². The smallest absolute Gasteiger partial charge is 0.309 e. The standard InChI is InChI=1S/C33H36N6O5S2/c1-6-15-37-28(36-16-13-22(14-17-36)32(43)44-7-2)24(20(3)25(19-34)29(37)40)18-26-30(41)38(33(45)46-26)27-21(4)35(5)39(31(27)42)23-11-9-8-10-12-23/h8-12,18,22H,6-7,13-17H2,1-5H3. The number of nitrogens with zero attached hydrogens (tertiary/aromatic N) is 6. The Kier molecular flexibility index (Phi) is 9.69. The molecule has 5 rings (SSSR count). The van der Waals surface area contributed by atoms with E-state index in [0.29, 0.717) is 73.8 Å². The Morgan fingerprint density at radius 1 is 1.11 bits per heavy atom. The summed E-state index contributed by atoms with van der Waals surface area (Å²) in [5, 5.41) is 10.0. The highest BCUT2D eigenvalue weighted by atomic mass is 32.2. The van der Waals surface area contributed by atoms with Crippen molar-refractivity contribution in [3.8, 4) is 11.8 Å². The largest absolute Gasteiger partial charge is 0.466 e. The summed E-state index contributed by atoms with van der Waals surface area (Å²) in [5.74, 6) is -0.330. The average molecular weight is 661 g/mol. The maximum atomic E-state index is 14.1. The lowest BCUT2D eigenvalue weighted by Crippen LogP contribution is -2.41. The van der Waals surface area contributed by atoms with Crippen LogP contribution in [0.1, 0.15) is 55.5 Å². The molecule has 1 amide bonds. The van der Waals surface area contributed by atoms with Crippen LogP contribution in [0, 0.1) is 31.1 Å². The lowest BCUT2D eigenvalue weighted by atomic mass is 9.95. The van der Waals surface area contributed by atoms with Gasteiger partial charge in [-0.25, -0.2) is 4.68 Å². The number of hydrogen-bond acceptors (Lipinski definition) is 9. The third kappa shape index (κ3) is 5.71. The number of hydrogen-bond donors (Lipinski definition) is 0. The van der Waals surface area contributed by atoms with Crippen molar-refractivity contribution in [1.82, 2.24) is 13.9 Å². The van der Waals surface area contributed by atoms with Gasteiger partial charge in [-0.1, -0.05) is 49.1 Å². The van der Waals surface area contributed by atoms with Crippen LogP contribution in [0.2, 0.25) is 0 Å². The van der Waals surface area contributed by atoms with E-state index >= 15 is 0 Å². The van der Waals surface area contributed by atoms with Gasteiger partial charge in [-0.15, -0.1) is 0 Å². The van der Waals surface area contributed by atoms with Crippen LogP contribution >= 0.6 is 24.0 Å². The van der Waals surface area contributed by atoms with E-state index in [-0.39, 0.29) is 37.9 Å². The predicted octanol–water partition coefficient (Wildman–Crippen LogP) is 4.42. The fourth-order valence-corrected chi connectivity index (χ4v) is 7.36. The third-order valence-electron chi connectivity index (χ3n) is 8.52. The summed E-state index contributed by atoms with van der Waals surface area (Å²) in [4.78, 5) is 57.5. The van der Waals surface area contributed by atoms with E-state index in [1.54, 1.807) is 43.1 Å². The molecular formula is C33H36N6O5S2. The lowest BCUT2D eigenvalue weighted by molar-refractivity contribution is -0.148. The molecule has 2 aliphatic rings. The number of para-hydroxylation sites is 1. The summed E-state index contributed by atoms with van der Waals surface area (Å²) >= 11 is 6.75. The molecule has 0 saturated carbocycles. The van der Waals surface area contributed by atoms with Crippen molar-refractivity contribution in [3.05, 3.63) is 78.3 Å². The number of thiocarbonyl (C=S) groups is 1. The maximum Gasteiger partial charge on any atom is 0.309 e. The Bertz CT molecular complexity index is 1910. The first kappa shape index (κ1) is 33.0. The third-order valence-corrected chi connectivity index (χ3v) is 9.83. The first-order valence-electron chi connectivity index (χ1n) is 15.3. The average Bonchev–Trinajstić information content (AvgIpc) is 3.44. The number of amides is 1. The van der Waals surface area contributed by atoms with Gasteiger partial charge in [0.15, 0.2) is 4.32 Å². The second-order valence-electron chi connectivity index (χ2n) is 11.2. The first-order chi connectivity index (χ1) is 22.0. The Morgan fingerprint density at radius 2 is 1.78 bits per heavy atom. The van der Waals surface area contributed by atoms with Crippen LogP contribution in [0.3, 0.4) is 0 Å².